The average Bonchev–Trinajstić information content (AvgIpc) is 2.46. The van der Waals surface area contributed by atoms with Crippen LogP contribution in [0, 0.1) is 21.4 Å². The van der Waals surface area contributed by atoms with Crippen LogP contribution < -0.4 is 0 Å². The summed E-state index contributed by atoms with van der Waals surface area (Å²) < 4.78 is 0. The Morgan fingerprint density at radius 3 is 2.42 bits per heavy atom. The highest BCUT2D eigenvalue weighted by Gasteiger charge is 2.14. The third kappa shape index (κ3) is 3.28. The van der Waals surface area contributed by atoms with Crippen molar-refractivity contribution in [1.29, 1.82) is 5.26 Å². The number of rotatable bonds is 2. The number of nitro benzene ring substituents is 1. The van der Waals surface area contributed by atoms with Gasteiger partial charge in [-0.3, -0.25) is 10.1 Å². The van der Waals surface area contributed by atoms with E-state index in [1.54, 1.807) is 12.1 Å². The molecule has 0 aliphatic carbocycles. The summed E-state index contributed by atoms with van der Waals surface area (Å²) in [6.07, 6.45) is 3.33. The minimum absolute atomic E-state index is 0.0235. The Kier molecular flexibility index (Phi) is 4.08. The number of nitro groups is 1. The SMILES string of the molecule is N#CC(=Nc1ccc([N+](=O)[O-])cc1)N1CCCCC1. The van der Waals surface area contributed by atoms with Gasteiger partial charge in [-0.05, 0) is 31.4 Å². The molecule has 0 aromatic heterocycles. The van der Waals surface area contributed by atoms with Crippen molar-refractivity contribution in [1.82, 2.24) is 4.90 Å². The number of likely N-dealkylation sites (tertiary alicyclic amines) is 1. The van der Waals surface area contributed by atoms with Gasteiger partial charge in [0.2, 0.25) is 5.84 Å². The maximum absolute atomic E-state index is 10.5. The van der Waals surface area contributed by atoms with E-state index in [0.717, 1.165) is 25.9 Å². The van der Waals surface area contributed by atoms with Crippen LogP contribution >= 0.6 is 0 Å². The molecular formula is C13H14N4O2. The lowest BCUT2D eigenvalue weighted by Crippen LogP contribution is -2.34. The minimum Gasteiger partial charge on any atom is -0.348 e. The summed E-state index contributed by atoms with van der Waals surface area (Å²) in [5, 5.41) is 19.7. The quantitative estimate of drug-likeness (QED) is 0.353. The topological polar surface area (TPSA) is 82.5 Å². The van der Waals surface area contributed by atoms with Crippen molar-refractivity contribution < 1.29 is 4.92 Å². The molecule has 0 amide bonds. The second-order valence-electron chi connectivity index (χ2n) is 4.37. The van der Waals surface area contributed by atoms with Gasteiger partial charge in [-0.25, -0.2) is 4.99 Å². The number of nitriles is 1. The van der Waals surface area contributed by atoms with E-state index in [-0.39, 0.29) is 5.69 Å². The average molecular weight is 258 g/mol. The van der Waals surface area contributed by atoms with Crippen molar-refractivity contribution in [3.63, 3.8) is 0 Å². The van der Waals surface area contributed by atoms with Crippen LogP contribution in [0.15, 0.2) is 29.3 Å². The van der Waals surface area contributed by atoms with Gasteiger partial charge in [-0.15, -0.1) is 0 Å². The fourth-order valence-electron chi connectivity index (χ4n) is 2.04. The number of hydrogen-bond acceptors (Lipinski definition) is 4. The predicted molar refractivity (Wildman–Crippen MR) is 71.2 cm³/mol. The molecule has 2 rings (SSSR count). The van der Waals surface area contributed by atoms with E-state index in [9.17, 15) is 10.1 Å². The molecule has 0 saturated carbocycles. The minimum atomic E-state index is -0.455. The third-order valence-electron chi connectivity index (χ3n) is 3.05. The summed E-state index contributed by atoms with van der Waals surface area (Å²) in [7, 11) is 0. The van der Waals surface area contributed by atoms with E-state index in [2.05, 4.69) is 11.1 Å². The van der Waals surface area contributed by atoms with Gasteiger partial charge in [0.15, 0.2) is 0 Å². The van der Waals surface area contributed by atoms with Crippen molar-refractivity contribution >= 4 is 17.2 Å². The number of amidine groups is 1. The molecule has 0 N–H and O–H groups in total. The maximum atomic E-state index is 10.5. The Morgan fingerprint density at radius 1 is 1.26 bits per heavy atom. The first-order chi connectivity index (χ1) is 9.20. The Balaban J connectivity index is 2.17. The summed E-state index contributed by atoms with van der Waals surface area (Å²) >= 11 is 0. The molecule has 0 radical (unpaired) electrons. The highest BCUT2D eigenvalue weighted by molar-refractivity contribution is 5.98. The molecule has 1 aromatic rings. The zero-order valence-corrected chi connectivity index (χ0v) is 10.5. The molecule has 1 aliphatic heterocycles. The van der Waals surface area contributed by atoms with Crippen LogP contribution in [0.25, 0.3) is 0 Å². The highest BCUT2D eigenvalue weighted by atomic mass is 16.6. The van der Waals surface area contributed by atoms with Gasteiger partial charge < -0.3 is 4.90 Å². The molecule has 1 saturated heterocycles. The zero-order valence-electron chi connectivity index (χ0n) is 10.5. The molecule has 0 bridgehead atoms. The Labute approximate surface area is 111 Å². The van der Waals surface area contributed by atoms with Crippen LogP contribution in [0.4, 0.5) is 11.4 Å². The Hall–Kier alpha value is -2.42. The molecule has 1 aliphatic rings. The fraction of sp³-hybridized carbons (Fsp3) is 0.385. The predicted octanol–water partition coefficient (Wildman–Crippen LogP) is 2.63. The monoisotopic (exact) mass is 258 g/mol. The second kappa shape index (κ2) is 5.96. The summed E-state index contributed by atoms with van der Waals surface area (Å²) in [5.41, 5.74) is 0.586. The van der Waals surface area contributed by atoms with Crippen LogP contribution in [-0.4, -0.2) is 28.7 Å². The van der Waals surface area contributed by atoms with Crippen molar-refractivity contribution in [2.75, 3.05) is 13.1 Å². The molecule has 1 fully saturated rings. The molecule has 6 heteroatoms. The van der Waals surface area contributed by atoms with E-state index in [1.165, 1.54) is 18.6 Å². The van der Waals surface area contributed by atoms with Crippen molar-refractivity contribution in [3.8, 4) is 6.07 Å². The van der Waals surface area contributed by atoms with Crippen LogP contribution in [0.5, 0.6) is 0 Å². The van der Waals surface area contributed by atoms with E-state index in [1.807, 2.05) is 4.90 Å². The zero-order chi connectivity index (χ0) is 13.7. The number of nitrogens with zero attached hydrogens (tertiary/aromatic N) is 4. The van der Waals surface area contributed by atoms with Crippen LogP contribution in [0.1, 0.15) is 19.3 Å². The third-order valence-corrected chi connectivity index (χ3v) is 3.05. The molecule has 0 atom stereocenters. The number of piperidine rings is 1. The van der Waals surface area contributed by atoms with Crippen molar-refractivity contribution in [3.05, 3.63) is 34.4 Å². The molecule has 6 nitrogen and oxygen atoms in total. The molecule has 1 heterocycles. The molecule has 0 spiro atoms. The summed E-state index contributed by atoms with van der Waals surface area (Å²) in [6, 6.07) is 8.00. The van der Waals surface area contributed by atoms with Gasteiger partial charge in [0, 0.05) is 25.2 Å². The summed E-state index contributed by atoms with van der Waals surface area (Å²) in [4.78, 5) is 16.3. The highest BCUT2D eigenvalue weighted by Crippen LogP contribution is 2.19. The summed E-state index contributed by atoms with van der Waals surface area (Å²) in [6.45, 7) is 1.69. The normalized spacial score (nSPS) is 15.9. The fourth-order valence-corrected chi connectivity index (χ4v) is 2.04. The largest absolute Gasteiger partial charge is 0.348 e. The van der Waals surface area contributed by atoms with Gasteiger partial charge in [-0.1, -0.05) is 0 Å². The molecule has 0 unspecified atom stereocenters. The van der Waals surface area contributed by atoms with Gasteiger partial charge >= 0.3 is 0 Å². The van der Waals surface area contributed by atoms with Crippen molar-refractivity contribution in [2.24, 2.45) is 4.99 Å². The van der Waals surface area contributed by atoms with Gasteiger partial charge in [0.1, 0.15) is 6.07 Å². The Bertz CT molecular complexity index is 525. The lowest BCUT2D eigenvalue weighted by molar-refractivity contribution is -0.384. The van der Waals surface area contributed by atoms with Gasteiger partial charge in [0.25, 0.3) is 5.69 Å². The van der Waals surface area contributed by atoms with E-state index in [0.29, 0.717) is 11.5 Å². The molecular weight excluding hydrogens is 244 g/mol. The summed E-state index contributed by atoms with van der Waals surface area (Å²) in [5.74, 6) is 0.383. The first kappa shape index (κ1) is 13.0. The number of non-ortho nitro benzene ring substituents is 1. The van der Waals surface area contributed by atoms with Crippen LogP contribution in [0.3, 0.4) is 0 Å². The van der Waals surface area contributed by atoms with Crippen LogP contribution in [0.2, 0.25) is 0 Å². The van der Waals surface area contributed by atoms with Gasteiger partial charge in [0.05, 0.1) is 10.6 Å². The first-order valence-corrected chi connectivity index (χ1v) is 6.19. The molecule has 19 heavy (non-hydrogen) atoms. The maximum Gasteiger partial charge on any atom is 0.269 e. The van der Waals surface area contributed by atoms with E-state index >= 15 is 0 Å². The number of hydrogen-bond donors (Lipinski definition) is 0. The van der Waals surface area contributed by atoms with Crippen molar-refractivity contribution in [2.45, 2.75) is 19.3 Å². The number of benzene rings is 1. The second-order valence-corrected chi connectivity index (χ2v) is 4.37. The first-order valence-electron chi connectivity index (χ1n) is 6.19. The molecule has 1 aromatic carbocycles. The lowest BCUT2D eigenvalue weighted by Gasteiger charge is -2.26. The van der Waals surface area contributed by atoms with Gasteiger partial charge in [-0.2, -0.15) is 5.26 Å². The standard InChI is InChI=1S/C13H14N4O2/c14-10-13(16-8-2-1-3-9-16)15-11-4-6-12(7-5-11)17(18)19/h4-7H,1-3,8-9H2. The number of aliphatic imine (C=N–C) groups is 1. The Morgan fingerprint density at radius 2 is 1.89 bits per heavy atom. The van der Waals surface area contributed by atoms with E-state index < -0.39 is 4.92 Å². The molecule has 98 valence electrons. The smallest absolute Gasteiger partial charge is 0.269 e. The lowest BCUT2D eigenvalue weighted by atomic mass is 10.1. The van der Waals surface area contributed by atoms with Crippen LogP contribution in [-0.2, 0) is 0 Å². The van der Waals surface area contributed by atoms with E-state index in [4.69, 9.17) is 5.26 Å².